The Balaban J connectivity index is 2.26. The van der Waals surface area contributed by atoms with Gasteiger partial charge in [0.1, 0.15) is 0 Å². The molecule has 0 saturated carbocycles. The third-order valence-electron chi connectivity index (χ3n) is 2.50. The van der Waals surface area contributed by atoms with Crippen molar-refractivity contribution in [2.75, 3.05) is 11.1 Å². The molecule has 0 aliphatic carbocycles. The van der Waals surface area contributed by atoms with Crippen molar-refractivity contribution < 1.29 is 0 Å². The second kappa shape index (κ2) is 4.82. The molecule has 0 bridgehead atoms. The van der Waals surface area contributed by atoms with Crippen molar-refractivity contribution in [3.63, 3.8) is 0 Å². The van der Waals surface area contributed by atoms with Crippen molar-refractivity contribution in [1.29, 1.82) is 0 Å². The van der Waals surface area contributed by atoms with Gasteiger partial charge in [-0.05, 0) is 17.5 Å². The van der Waals surface area contributed by atoms with E-state index in [-0.39, 0.29) is 0 Å². The first-order valence-corrected chi connectivity index (χ1v) is 5.60. The van der Waals surface area contributed by atoms with Gasteiger partial charge in [0, 0.05) is 5.69 Å². The second-order valence-corrected chi connectivity index (χ2v) is 4.21. The van der Waals surface area contributed by atoms with Crippen molar-refractivity contribution in [3.05, 3.63) is 42.2 Å². The Morgan fingerprint density at radius 2 is 1.76 bits per heavy atom. The molecule has 0 unspecified atom stereocenters. The van der Waals surface area contributed by atoms with E-state index in [1.54, 1.807) is 12.4 Å². The minimum absolute atomic E-state index is 0.451. The van der Waals surface area contributed by atoms with Crippen molar-refractivity contribution >= 4 is 17.3 Å². The van der Waals surface area contributed by atoms with Crippen LogP contribution >= 0.6 is 0 Å². The molecule has 0 aliphatic heterocycles. The predicted molar refractivity (Wildman–Crippen MR) is 70.3 cm³/mol. The molecule has 0 spiro atoms. The number of nitrogens with zero attached hydrogens (tertiary/aromatic N) is 2. The topological polar surface area (TPSA) is 63.8 Å². The fourth-order valence-electron chi connectivity index (χ4n) is 1.64. The molecule has 2 rings (SSSR count). The molecule has 1 aromatic carbocycles. The minimum atomic E-state index is 0.451. The van der Waals surface area contributed by atoms with Crippen LogP contribution in [0.2, 0.25) is 0 Å². The smallest absolute Gasteiger partial charge is 0.227 e. The number of nitrogens with one attached hydrogen (secondary N) is 1. The van der Waals surface area contributed by atoms with Crippen LogP contribution in [-0.2, 0) is 0 Å². The lowest BCUT2D eigenvalue weighted by Crippen LogP contribution is -2.01. The summed E-state index contributed by atoms with van der Waals surface area (Å²) in [6.45, 7) is 4.31. The summed E-state index contributed by atoms with van der Waals surface area (Å²) in [6, 6.07) is 8.15. The third kappa shape index (κ3) is 2.72. The molecular weight excluding hydrogens is 212 g/mol. The van der Waals surface area contributed by atoms with Crippen molar-refractivity contribution in [1.82, 2.24) is 9.97 Å². The number of benzene rings is 1. The Morgan fingerprint density at radius 1 is 1.12 bits per heavy atom. The van der Waals surface area contributed by atoms with E-state index in [9.17, 15) is 0 Å². The van der Waals surface area contributed by atoms with Gasteiger partial charge in [0.15, 0.2) is 0 Å². The van der Waals surface area contributed by atoms with Crippen LogP contribution in [0.3, 0.4) is 0 Å². The highest BCUT2D eigenvalue weighted by Crippen LogP contribution is 2.25. The van der Waals surface area contributed by atoms with Gasteiger partial charge in [0.25, 0.3) is 0 Å². The van der Waals surface area contributed by atoms with Gasteiger partial charge < -0.3 is 11.1 Å². The quantitative estimate of drug-likeness (QED) is 0.847. The standard InChI is InChI=1S/C13H16N4/c1-9(2)11-5-3-4-6-12(11)17-13-15-7-10(14)8-16-13/h3-9H,14H2,1-2H3,(H,15,16,17). The van der Waals surface area contributed by atoms with Gasteiger partial charge in [0.2, 0.25) is 5.95 Å². The molecule has 0 amide bonds. The van der Waals surface area contributed by atoms with Gasteiger partial charge in [-0.25, -0.2) is 9.97 Å². The van der Waals surface area contributed by atoms with Crippen LogP contribution in [0.15, 0.2) is 36.7 Å². The zero-order valence-corrected chi connectivity index (χ0v) is 10.0. The summed E-state index contributed by atoms with van der Waals surface area (Å²) in [5, 5.41) is 3.20. The lowest BCUT2D eigenvalue weighted by molar-refractivity contribution is 0.868. The van der Waals surface area contributed by atoms with E-state index in [0.717, 1.165) is 5.69 Å². The maximum absolute atomic E-state index is 5.55. The first kappa shape index (κ1) is 11.4. The number of nitrogens with two attached hydrogens (primary N) is 1. The zero-order chi connectivity index (χ0) is 12.3. The molecular formula is C13H16N4. The Bertz CT molecular complexity index is 491. The molecule has 2 aromatic rings. The first-order chi connectivity index (χ1) is 8.16. The fourth-order valence-corrected chi connectivity index (χ4v) is 1.64. The lowest BCUT2D eigenvalue weighted by atomic mass is 10.0. The normalized spacial score (nSPS) is 10.5. The SMILES string of the molecule is CC(C)c1ccccc1Nc1ncc(N)cn1. The van der Waals surface area contributed by atoms with Crippen LogP contribution in [0.25, 0.3) is 0 Å². The van der Waals surface area contributed by atoms with Gasteiger partial charge in [-0.2, -0.15) is 0 Å². The highest BCUT2D eigenvalue weighted by Gasteiger charge is 2.06. The summed E-state index contributed by atoms with van der Waals surface area (Å²) in [6.07, 6.45) is 3.18. The van der Waals surface area contributed by atoms with E-state index in [1.807, 2.05) is 18.2 Å². The van der Waals surface area contributed by atoms with Crippen LogP contribution in [0, 0.1) is 0 Å². The van der Waals surface area contributed by atoms with Crippen LogP contribution in [0.5, 0.6) is 0 Å². The van der Waals surface area contributed by atoms with E-state index in [2.05, 4.69) is 35.2 Å². The Hall–Kier alpha value is -2.10. The average molecular weight is 228 g/mol. The Kier molecular flexibility index (Phi) is 3.23. The molecule has 0 saturated heterocycles. The number of nitrogen functional groups attached to an aromatic ring is 1. The van der Waals surface area contributed by atoms with Crippen LogP contribution < -0.4 is 11.1 Å². The molecule has 4 heteroatoms. The molecule has 1 aromatic heterocycles. The fraction of sp³-hybridized carbons (Fsp3) is 0.231. The highest BCUT2D eigenvalue weighted by molar-refractivity contribution is 5.59. The molecule has 0 atom stereocenters. The van der Waals surface area contributed by atoms with Crippen molar-refractivity contribution in [3.8, 4) is 0 Å². The maximum atomic E-state index is 5.55. The maximum Gasteiger partial charge on any atom is 0.227 e. The van der Waals surface area contributed by atoms with Gasteiger partial charge in [-0.3, -0.25) is 0 Å². The van der Waals surface area contributed by atoms with Gasteiger partial charge in [0.05, 0.1) is 18.1 Å². The molecule has 0 aliphatic rings. The average Bonchev–Trinajstić information content (AvgIpc) is 2.32. The van der Waals surface area contributed by atoms with Gasteiger partial charge >= 0.3 is 0 Å². The lowest BCUT2D eigenvalue weighted by Gasteiger charge is -2.13. The summed E-state index contributed by atoms with van der Waals surface area (Å²) >= 11 is 0. The highest BCUT2D eigenvalue weighted by atomic mass is 15.1. The van der Waals surface area contributed by atoms with E-state index < -0.39 is 0 Å². The molecule has 17 heavy (non-hydrogen) atoms. The molecule has 1 heterocycles. The molecule has 4 nitrogen and oxygen atoms in total. The summed E-state index contributed by atoms with van der Waals surface area (Å²) in [5.41, 5.74) is 8.39. The van der Waals surface area contributed by atoms with Crippen molar-refractivity contribution in [2.45, 2.75) is 19.8 Å². The van der Waals surface area contributed by atoms with E-state index in [1.165, 1.54) is 5.56 Å². The Labute approximate surface area is 101 Å². The van der Waals surface area contributed by atoms with E-state index in [0.29, 0.717) is 17.6 Å². The van der Waals surface area contributed by atoms with E-state index in [4.69, 9.17) is 5.73 Å². The number of hydrogen-bond acceptors (Lipinski definition) is 4. The number of rotatable bonds is 3. The molecule has 0 fully saturated rings. The summed E-state index contributed by atoms with van der Waals surface area (Å²) in [4.78, 5) is 8.25. The monoisotopic (exact) mass is 228 g/mol. The Morgan fingerprint density at radius 3 is 2.41 bits per heavy atom. The summed E-state index contributed by atoms with van der Waals surface area (Å²) < 4.78 is 0. The van der Waals surface area contributed by atoms with Crippen molar-refractivity contribution in [2.24, 2.45) is 0 Å². The molecule has 3 N–H and O–H groups in total. The first-order valence-electron chi connectivity index (χ1n) is 5.60. The number of hydrogen-bond donors (Lipinski definition) is 2. The molecule has 0 radical (unpaired) electrons. The van der Waals surface area contributed by atoms with Gasteiger partial charge in [-0.15, -0.1) is 0 Å². The molecule has 88 valence electrons. The summed E-state index contributed by atoms with van der Waals surface area (Å²) in [5.74, 6) is 1.01. The third-order valence-corrected chi connectivity index (χ3v) is 2.50. The van der Waals surface area contributed by atoms with Crippen LogP contribution in [-0.4, -0.2) is 9.97 Å². The van der Waals surface area contributed by atoms with E-state index >= 15 is 0 Å². The number of anilines is 3. The minimum Gasteiger partial charge on any atom is -0.396 e. The predicted octanol–water partition coefficient (Wildman–Crippen LogP) is 2.93. The van der Waals surface area contributed by atoms with Gasteiger partial charge in [-0.1, -0.05) is 32.0 Å². The largest absolute Gasteiger partial charge is 0.396 e. The van der Waals surface area contributed by atoms with Crippen LogP contribution in [0.4, 0.5) is 17.3 Å². The van der Waals surface area contributed by atoms with Crippen LogP contribution in [0.1, 0.15) is 25.3 Å². The number of para-hydroxylation sites is 1. The summed E-state index contributed by atoms with van der Waals surface area (Å²) in [7, 11) is 0. The zero-order valence-electron chi connectivity index (χ0n) is 10.0. The number of aromatic nitrogens is 2. The second-order valence-electron chi connectivity index (χ2n) is 4.21.